The Labute approximate surface area is 143 Å². The van der Waals surface area contributed by atoms with Crippen molar-refractivity contribution in [2.75, 3.05) is 5.32 Å². The highest BCUT2D eigenvalue weighted by Crippen LogP contribution is 2.22. The van der Waals surface area contributed by atoms with Crippen molar-refractivity contribution >= 4 is 39.2 Å². The van der Waals surface area contributed by atoms with Crippen LogP contribution in [0.2, 0.25) is 0 Å². The zero-order valence-corrected chi connectivity index (χ0v) is 13.8. The van der Waals surface area contributed by atoms with E-state index in [9.17, 15) is 9.59 Å². The second kappa shape index (κ2) is 6.80. The van der Waals surface area contributed by atoms with Crippen molar-refractivity contribution in [1.29, 1.82) is 0 Å². The van der Waals surface area contributed by atoms with Crippen LogP contribution < -0.4 is 5.32 Å². The molecule has 5 nitrogen and oxygen atoms in total. The first-order valence-electron chi connectivity index (χ1n) is 7.50. The fourth-order valence-electron chi connectivity index (χ4n) is 2.43. The molecule has 0 unspecified atom stereocenters. The number of fused-ring (bicyclic) bond motifs is 1. The third-order valence-electron chi connectivity index (χ3n) is 3.81. The number of hydrogen-bond acceptors (Lipinski definition) is 4. The van der Waals surface area contributed by atoms with Crippen LogP contribution >= 0.6 is 11.5 Å². The second-order valence-corrected chi connectivity index (χ2v) is 6.51. The lowest BCUT2D eigenvalue weighted by atomic mass is 9.99. The van der Waals surface area contributed by atoms with Crippen molar-refractivity contribution in [3.63, 3.8) is 0 Å². The third kappa shape index (κ3) is 3.60. The molecule has 2 aromatic carbocycles. The molecule has 0 spiro atoms. The van der Waals surface area contributed by atoms with E-state index in [-0.39, 0.29) is 17.4 Å². The number of carboxylic acid groups (broad SMARTS) is 1. The third-order valence-corrected chi connectivity index (χ3v) is 4.58. The summed E-state index contributed by atoms with van der Waals surface area (Å²) in [5.41, 5.74) is 1.93. The van der Waals surface area contributed by atoms with Crippen LogP contribution in [0.1, 0.15) is 22.8 Å². The van der Waals surface area contributed by atoms with Crippen LogP contribution in [0.5, 0.6) is 0 Å². The monoisotopic (exact) mass is 340 g/mol. The molecule has 2 N–H and O–H groups in total. The van der Waals surface area contributed by atoms with Crippen molar-refractivity contribution in [3.05, 3.63) is 59.8 Å². The Morgan fingerprint density at radius 1 is 1.21 bits per heavy atom. The van der Waals surface area contributed by atoms with Gasteiger partial charge in [-0.1, -0.05) is 19.1 Å². The maximum atomic E-state index is 12.3. The van der Waals surface area contributed by atoms with E-state index < -0.39 is 5.97 Å². The summed E-state index contributed by atoms with van der Waals surface area (Å²) in [5, 5.41) is 12.9. The molecule has 1 aromatic heterocycles. The van der Waals surface area contributed by atoms with Gasteiger partial charge in [0.2, 0.25) is 5.91 Å². The summed E-state index contributed by atoms with van der Waals surface area (Å²) < 4.78 is 5.15. The van der Waals surface area contributed by atoms with Crippen molar-refractivity contribution < 1.29 is 14.7 Å². The molecule has 6 heteroatoms. The molecule has 1 heterocycles. The van der Waals surface area contributed by atoms with Crippen LogP contribution in [-0.4, -0.2) is 21.4 Å². The highest BCUT2D eigenvalue weighted by molar-refractivity contribution is 7.13. The number of carboxylic acids is 1. The lowest BCUT2D eigenvalue weighted by Crippen LogP contribution is -2.22. The number of nitrogens with zero attached hydrogens (tertiary/aromatic N) is 1. The Kier molecular flexibility index (Phi) is 4.57. The van der Waals surface area contributed by atoms with E-state index in [1.807, 2.05) is 25.1 Å². The molecule has 0 aliphatic heterocycles. The summed E-state index contributed by atoms with van der Waals surface area (Å²) in [7, 11) is 0. The number of hydrogen-bond donors (Lipinski definition) is 2. The molecule has 0 bridgehead atoms. The van der Waals surface area contributed by atoms with Gasteiger partial charge in [-0.15, -0.1) is 0 Å². The minimum atomic E-state index is -0.953. The molecule has 0 fully saturated rings. The molecule has 0 radical (unpaired) electrons. The van der Waals surface area contributed by atoms with Gasteiger partial charge in [-0.05, 0) is 53.8 Å². The molecule has 1 amide bonds. The summed E-state index contributed by atoms with van der Waals surface area (Å²) in [4.78, 5) is 23.2. The van der Waals surface area contributed by atoms with E-state index in [1.165, 1.54) is 11.5 Å². The summed E-state index contributed by atoms with van der Waals surface area (Å²) >= 11 is 1.39. The molecule has 24 heavy (non-hydrogen) atoms. The van der Waals surface area contributed by atoms with Crippen LogP contribution in [0.4, 0.5) is 5.69 Å². The Balaban J connectivity index is 1.64. The van der Waals surface area contributed by atoms with Gasteiger partial charge in [-0.3, -0.25) is 4.79 Å². The van der Waals surface area contributed by atoms with E-state index >= 15 is 0 Å². The van der Waals surface area contributed by atoms with Crippen LogP contribution in [0.3, 0.4) is 0 Å². The fraction of sp³-hybridized carbons (Fsp3) is 0.167. The van der Waals surface area contributed by atoms with Crippen LogP contribution in [-0.2, 0) is 11.2 Å². The molecule has 0 saturated heterocycles. The zero-order chi connectivity index (χ0) is 17.1. The van der Waals surface area contributed by atoms with E-state index in [2.05, 4.69) is 9.69 Å². The van der Waals surface area contributed by atoms with Gasteiger partial charge in [-0.2, -0.15) is 4.37 Å². The maximum absolute atomic E-state index is 12.3. The number of nitrogens with one attached hydrogen (secondary N) is 1. The number of rotatable bonds is 5. The molecule has 3 aromatic rings. The topological polar surface area (TPSA) is 79.3 Å². The van der Waals surface area contributed by atoms with Gasteiger partial charge in [0.25, 0.3) is 0 Å². The number of carbonyl (C=O) groups is 2. The largest absolute Gasteiger partial charge is 0.478 e. The number of aromatic nitrogens is 1. The van der Waals surface area contributed by atoms with E-state index in [0.29, 0.717) is 6.42 Å². The molecular weight excluding hydrogens is 324 g/mol. The number of anilines is 1. The number of benzene rings is 2. The SMILES string of the molecule is C[C@@H](Cc1ccc(C(=O)O)cc1)C(=O)Nc1ccc2cnsc2c1. The molecule has 0 saturated carbocycles. The van der Waals surface area contributed by atoms with Gasteiger partial charge in [0, 0.05) is 23.2 Å². The minimum absolute atomic E-state index is 0.0684. The summed E-state index contributed by atoms with van der Waals surface area (Å²) in [6.45, 7) is 1.85. The number of aromatic carboxylic acids is 1. The predicted molar refractivity (Wildman–Crippen MR) is 94.5 cm³/mol. The van der Waals surface area contributed by atoms with Crippen molar-refractivity contribution in [3.8, 4) is 0 Å². The normalized spacial score (nSPS) is 12.0. The molecule has 1 atom stereocenters. The lowest BCUT2D eigenvalue weighted by Gasteiger charge is -2.12. The Morgan fingerprint density at radius 2 is 1.96 bits per heavy atom. The maximum Gasteiger partial charge on any atom is 0.335 e. The second-order valence-electron chi connectivity index (χ2n) is 5.67. The van der Waals surface area contributed by atoms with Gasteiger partial charge in [0.05, 0.1) is 10.3 Å². The van der Waals surface area contributed by atoms with Gasteiger partial charge in [0.1, 0.15) is 0 Å². The van der Waals surface area contributed by atoms with E-state index in [1.54, 1.807) is 30.5 Å². The summed E-state index contributed by atoms with van der Waals surface area (Å²) in [6.07, 6.45) is 2.35. The average Bonchev–Trinajstić information content (AvgIpc) is 3.03. The summed E-state index contributed by atoms with van der Waals surface area (Å²) in [5.74, 6) is -1.25. The van der Waals surface area contributed by atoms with Gasteiger partial charge in [0.15, 0.2) is 0 Å². The molecule has 0 aliphatic carbocycles. The summed E-state index contributed by atoms with van der Waals surface area (Å²) in [6, 6.07) is 12.3. The van der Waals surface area contributed by atoms with Crippen LogP contribution in [0.15, 0.2) is 48.7 Å². The molecule has 0 aliphatic rings. The number of carbonyl (C=O) groups excluding carboxylic acids is 1. The van der Waals surface area contributed by atoms with Crippen LogP contribution in [0.25, 0.3) is 10.1 Å². The van der Waals surface area contributed by atoms with Crippen molar-refractivity contribution in [2.45, 2.75) is 13.3 Å². The zero-order valence-electron chi connectivity index (χ0n) is 13.0. The highest BCUT2D eigenvalue weighted by Gasteiger charge is 2.14. The minimum Gasteiger partial charge on any atom is -0.478 e. The van der Waals surface area contributed by atoms with Gasteiger partial charge >= 0.3 is 5.97 Å². The average molecular weight is 340 g/mol. The first-order valence-corrected chi connectivity index (χ1v) is 8.28. The van der Waals surface area contributed by atoms with Crippen molar-refractivity contribution in [2.24, 2.45) is 5.92 Å². The predicted octanol–water partition coefficient (Wildman–Crippen LogP) is 3.81. The Hall–Kier alpha value is -2.73. The quantitative estimate of drug-likeness (QED) is 0.740. The Bertz CT molecular complexity index is 887. The first-order chi connectivity index (χ1) is 11.5. The highest BCUT2D eigenvalue weighted by atomic mass is 32.1. The lowest BCUT2D eigenvalue weighted by molar-refractivity contribution is -0.119. The molecule has 3 rings (SSSR count). The Morgan fingerprint density at radius 3 is 2.67 bits per heavy atom. The fourth-order valence-corrected chi connectivity index (χ4v) is 3.12. The van der Waals surface area contributed by atoms with Gasteiger partial charge in [-0.25, -0.2) is 4.79 Å². The van der Waals surface area contributed by atoms with Crippen LogP contribution in [0, 0.1) is 5.92 Å². The first kappa shape index (κ1) is 16.1. The molecule has 122 valence electrons. The van der Waals surface area contributed by atoms with E-state index in [0.717, 1.165) is 21.3 Å². The van der Waals surface area contributed by atoms with Gasteiger partial charge < -0.3 is 10.4 Å². The standard InChI is InChI=1S/C18H16N2O3S/c1-11(8-12-2-4-13(5-3-12)18(22)23)17(21)20-15-7-6-14-10-19-24-16(14)9-15/h2-7,9-11H,8H2,1H3,(H,20,21)(H,22,23)/t11-/m0/s1. The number of amides is 1. The smallest absolute Gasteiger partial charge is 0.335 e. The van der Waals surface area contributed by atoms with E-state index in [4.69, 9.17) is 5.11 Å². The van der Waals surface area contributed by atoms with Crippen molar-refractivity contribution in [1.82, 2.24) is 4.37 Å². The molecular formula is C18H16N2O3S.